The van der Waals surface area contributed by atoms with Gasteiger partial charge in [-0.2, -0.15) is 0 Å². The van der Waals surface area contributed by atoms with Crippen molar-refractivity contribution < 1.29 is 9.53 Å². The van der Waals surface area contributed by atoms with Gasteiger partial charge in [-0.05, 0) is 50.2 Å². The Morgan fingerprint density at radius 2 is 1.90 bits per heavy atom. The van der Waals surface area contributed by atoms with Crippen molar-refractivity contribution in [2.75, 3.05) is 12.3 Å². The Hall–Kier alpha value is -1.71. The first kappa shape index (κ1) is 15.7. The van der Waals surface area contributed by atoms with Crippen LogP contribution in [0.5, 0.6) is 5.75 Å². The molecule has 3 N–H and O–H groups in total. The predicted octanol–water partition coefficient (Wildman–Crippen LogP) is 3.22. The molecule has 0 spiro atoms. The molecule has 0 aromatic heterocycles. The van der Waals surface area contributed by atoms with E-state index in [4.69, 9.17) is 10.5 Å². The fourth-order valence-corrected chi connectivity index (χ4v) is 3.34. The van der Waals surface area contributed by atoms with Crippen LogP contribution < -0.4 is 15.8 Å². The minimum Gasteiger partial charge on any atom is -0.494 e. The standard InChI is InChI=1S/C17H26N2O2/c1-4-21-16-9-13(8-14(18)10-16)17(20)19-15-6-11(2)5-12(3)7-15/h8-12,15H,4-7,18H2,1-3H3,(H,19,20). The number of hydrogen-bond acceptors (Lipinski definition) is 3. The fraction of sp³-hybridized carbons (Fsp3) is 0.588. The molecule has 0 saturated heterocycles. The van der Waals surface area contributed by atoms with Gasteiger partial charge in [0, 0.05) is 23.4 Å². The van der Waals surface area contributed by atoms with Crippen LogP contribution in [0.2, 0.25) is 0 Å². The zero-order valence-corrected chi connectivity index (χ0v) is 13.2. The largest absolute Gasteiger partial charge is 0.494 e. The van der Waals surface area contributed by atoms with Gasteiger partial charge in [0.1, 0.15) is 5.75 Å². The summed E-state index contributed by atoms with van der Waals surface area (Å²) in [6.45, 7) is 6.97. The maximum absolute atomic E-state index is 12.4. The van der Waals surface area contributed by atoms with Crippen molar-refractivity contribution in [3.05, 3.63) is 23.8 Å². The van der Waals surface area contributed by atoms with E-state index in [1.54, 1.807) is 18.2 Å². The molecule has 1 fully saturated rings. The second-order valence-electron chi connectivity index (χ2n) is 6.31. The summed E-state index contributed by atoms with van der Waals surface area (Å²) < 4.78 is 5.44. The molecule has 116 valence electrons. The molecule has 21 heavy (non-hydrogen) atoms. The van der Waals surface area contributed by atoms with Crippen molar-refractivity contribution in [2.24, 2.45) is 11.8 Å². The molecule has 0 radical (unpaired) electrons. The third-order valence-corrected chi connectivity index (χ3v) is 4.02. The van der Waals surface area contributed by atoms with Gasteiger partial charge in [-0.25, -0.2) is 0 Å². The molecule has 0 bridgehead atoms. The number of nitrogens with one attached hydrogen (secondary N) is 1. The van der Waals surface area contributed by atoms with Crippen LogP contribution in [0.15, 0.2) is 18.2 Å². The second kappa shape index (κ2) is 6.83. The number of nitrogen functional groups attached to an aromatic ring is 1. The van der Waals surface area contributed by atoms with Crippen LogP contribution in [0.4, 0.5) is 5.69 Å². The summed E-state index contributed by atoms with van der Waals surface area (Å²) in [5.41, 5.74) is 6.97. The minimum atomic E-state index is -0.0606. The summed E-state index contributed by atoms with van der Waals surface area (Å²) in [5, 5.41) is 3.14. The molecule has 2 atom stereocenters. The van der Waals surface area contributed by atoms with Gasteiger partial charge in [-0.15, -0.1) is 0 Å². The molecule has 2 unspecified atom stereocenters. The van der Waals surface area contributed by atoms with Gasteiger partial charge >= 0.3 is 0 Å². The van der Waals surface area contributed by atoms with Crippen LogP contribution in [-0.2, 0) is 0 Å². The molecule has 0 heterocycles. The van der Waals surface area contributed by atoms with Crippen molar-refractivity contribution in [3.8, 4) is 5.75 Å². The first-order valence-corrected chi connectivity index (χ1v) is 7.82. The SMILES string of the molecule is CCOc1cc(N)cc(C(=O)NC2CC(C)CC(C)C2)c1. The normalized spacial score (nSPS) is 25.4. The highest BCUT2D eigenvalue weighted by Crippen LogP contribution is 2.29. The molecular weight excluding hydrogens is 264 g/mol. The van der Waals surface area contributed by atoms with Crippen molar-refractivity contribution in [1.82, 2.24) is 5.32 Å². The number of carbonyl (C=O) groups is 1. The number of carbonyl (C=O) groups excluding carboxylic acids is 1. The lowest BCUT2D eigenvalue weighted by Gasteiger charge is -2.32. The van der Waals surface area contributed by atoms with E-state index < -0.39 is 0 Å². The van der Waals surface area contributed by atoms with Crippen molar-refractivity contribution in [2.45, 2.75) is 46.1 Å². The Kier molecular flexibility index (Phi) is 5.10. The Balaban J connectivity index is 2.06. The Labute approximate surface area is 127 Å². The zero-order valence-electron chi connectivity index (χ0n) is 13.2. The number of hydrogen-bond donors (Lipinski definition) is 2. The maximum atomic E-state index is 12.4. The van der Waals surface area contributed by atoms with Crippen LogP contribution >= 0.6 is 0 Å². The molecule has 1 aromatic rings. The van der Waals surface area contributed by atoms with Crippen LogP contribution in [0.25, 0.3) is 0 Å². The molecule has 1 amide bonds. The topological polar surface area (TPSA) is 64.3 Å². The quantitative estimate of drug-likeness (QED) is 0.837. The first-order chi connectivity index (χ1) is 9.97. The predicted molar refractivity (Wildman–Crippen MR) is 85.5 cm³/mol. The van der Waals surface area contributed by atoms with Crippen LogP contribution in [0, 0.1) is 11.8 Å². The molecule has 2 rings (SSSR count). The molecule has 4 heteroatoms. The lowest BCUT2D eigenvalue weighted by atomic mass is 9.80. The summed E-state index contributed by atoms with van der Waals surface area (Å²) >= 11 is 0. The molecular formula is C17H26N2O2. The molecule has 1 saturated carbocycles. The summed E-state index contributed by atoms with van der Waals surface area (Å²) in [7, 11) is 0. The molecule has 1 aliphatic rings. The fourth-order valence-electron chi connectivity index (χ4n) is 3.34. The van der Waals surface area contributed by atoms with Crippen LogP contribution in [0.1, 0.15) is 50.4 Å². The summed E-state index contributed by atoms with van der Waals surface area (Å²) in [4.78, 5) is 12.4. The van der Waals surface area contributed by atoms with Gasteiger partial charge in [0.05, 0.1) is 6.61 Å². The average molecular weight is 290 g/mol. The molecule has 0 aliphatic heterocycles. The number of benzene rings is 1. The van der Waals surface area contributed by atoms with Gasteiger partial charge in [-0.3, -0.25) is 4.79 Å². The Morgan fingerprint density at radius 3 is 2.52 bits per heavy atom. The molecule has 1 aliphatic carbocycles. The number of ether oxygens (including phenoxy) is 1. The van der Waals surface area contributed by atoms with E-state index in [9.17, 15) is 4.79 Å². The Bertz CT molecular complexity index is 492. The monoisotopic (exact) mass is 290 g/mol. The van der Waals surface area contributed by atoms with E-state index in [1.807, 2.05) is 6.92 Å². The molecule has 1 aromatic carbocycles. The number of anilines is 1. The summed E-state index contributed by atoms with van der Waals surface area (Å²) in [6.07, 6.45) is 3.35. The Morgan fingerprint density at radius 1 is 1.24 bits per heavy atom. The van der Waals surface area contributed by atoms with Gasteiger partial charge in [0.2, 0.25) is 0 Å². The van der Waals surface area contributed by atoms with Crippen molar-refractivity contribution in [3.63, 3.8) is 0 Å². The zero-order chi connectivity index (χ0) is 15.4. The number of nitrogens with two attached hydrogens (primary N) is 1. The van der Waals surface area contributed by atoms with Gasteiger partial charge < -0.3 is 15.8 Å². The smallest absolute Gasteiger partial charge is 0.251 e. The third kappa shape index (κ3) is 4.38. The highest BCUT2D eigenvalue weighted by molar-refractivity contribution is 5.95. The van der Waals surface area contributed by atoms with E-state index in [0.29, 0.717) is 35.4 Å². The van der Waals surface area contributed by atoms with Crippen molar-refractivity contribution >= 4 is 11.6 Å². The van der Waals surface area contributed by atoms with Gasteiger partial charge in [0.25, 0.3) is 5.91 Å². The molecule has 4 nitrogen and oxygen atoms in total. The highest BCUT2D eigenvalue weighted by Gasteiger charge is 2.25. The lowest BCUT2D eigenvalue weighted by Crippen LogP contribution is -2.40. The minimum absolute atomic E-state index is 0.0606. The summed E-state index contributed by atoms with van der Waals surface area (Å²) in [5.74, 6) is 1.92. The lowest BCUT2D eigenvalue weighted by molar-refractivity contribution is 0.0911. The van der Waals surface area contributed by atoms with Gasteiger partial charge in [-0.1, -0.05) is 13.8 Å². The highest BCUT2D eigenvalue weighted by atomic mass is 16.5. The number of rotatable bonds is 4. The van der Waals surface area contributed by atoms with Crippen LogP contribution in [-0.4, -0.2) is 18.6 Å². The second-order valence-corrected chi connectivity index (χ2v) is 6.31. The van der Waals surface area contributed by atoms with E-state index in [-0.39, 0.29) is 11.9 Å². The van der Waals surface area contributed by atoms with E-state index in [0.717, 1.165) is 12.8 Å². The number of amides is 1. The van der Waals surface area contributed by atoms with Gasteiger partial charge in [0.15, 0.2) is 0 Å². The van der Waals surface area contributed by atoms with Crippen molar-refractivity contribution in [1.29, 1.82) is 0 Å². The van der Waals surface area contributed by atoms with E-state index in [1.165, 1.54) is 6.42 Å². The maximum Gasteiger partial charge on any atom is 0.251 e. The summed E-state index contributed by atoms with van der Waals surface area (Å²) in [6, 6.07) is 5.46. The first-order valence-electron chi connectivity index (χ1n) is 7.82. The average Bonchev–Trinajstić information content (AvgIpc) is 2.37. The van der Waals surface area contributed by atoms with E-state index in [2.05, 4.69) is 19.2 Å². The third-order valence-electron chi connectivity index (χ3n) is 4.02. The van der Waals surface area contributed by atoms with Crippen LogP contribution in [0.3, 0.4) is 0 Å². The van der Waals surface area contributed by atoms with E-state index >= 15 is 0 Å².